The van der Waals surface area contributed by atoms with Crippen molar-refractivity contribution in [3.8, 4) is 11.5 Å². The first kappa shape index (κ1) is 21.9. The first-order chi connectivity index (χ1) is 14.8. The summed E-state index contributed by atoms with van der Waals surface area (Å²) in [6.45, 7) is 3.46. The maximum atomic E-state index is 13.0. The molecule has 1 fully saturated rings. The van der Waals surface area contributed by atoms with E-state index in [2.05, 4.69) is 4.90 Å². The molecule has 0 unspecified atom stereocenters. The molecule has 10 heteroatoms. The maximum absolute atomic E-state index is 13.0. The molecule has 0 spiro atoms. The number of hydrogen-bond donors (Lipinski definition) is 0. The van der Waals surface area contributed by atoms with E-state index < -0.39 is 10.0 Å². The van der Waals surface area contributed by atoms with Gasteiger partial charge in [-0.25, -0.2) is 12.7 Å². The van der Waals surface area contributed by atoms with Crippen LogP contribution in [0.15, 0.2) is 41.3 Å². The Labute approximate surface area is 186 Å². The highest BCUT2D eigenvalue weighted by atomic mass is 35.5. The summed E-state index contributed by atoms with van der Waals surface area (Å²) in [5.41, 5.74) is 1.32. The van der Waals surface area contributed by atoms with E-state index in [0.717, 1.165) is 27.9 Å². The van der Waals surface area contributed by atoms with Gasteiger partial charge in [-0.05, 0) is 35.9 Å². The van der Waals surface area contributed by atoms with Crippen molar-refractivity contribution < 1.29 is 22.7 Å². The van der Waals surface area contributed by atoms with Gasteiger partial charge in [0.2, 0.25) is 16.8 Å². The SMILES string of the molecule is CN(C)S(=O)(=O)c1ccc(Cl)c(C(=O)N2CCN(Cc3ccc4c(c3)OCO4)CC2)c1. The highest BCUT2D eigenvalue weighted by Crippen LogP contribution is 2.33. The van der Waals surface area contributed by atoms with Crippen molar-refractivity contribution in [2.24, 2.45) is 0 Å². The molecule has 2 heterocycles. The number of carbonyl (C=O) groups excluding carboxylic acids is 1. The number of carbonyl (C=O) groups is 1. The topological polar surface area (TPSA) is 79.4 Å². The number of amides is 1. The highest BCUT2D eigenvalue weighted by Gasteiger charge is 2.26. The molecule has 0 N–H and O–H groups in total. The van der Waals surface area contributed by atoms with Crippen LogP contribution in [0.5, 0.6) is 11.5 Å². The molecule has 2 aromatic carbocycles. The monoisotopic (exact) mass is 465 g/mol. The van der Waals surface area contributed by atoms with Gasteiger partial charge in [0.25, 0.3) is 5.91 Å². The van der Waals surface area contributed by atoms with Gasteiger partial charge in [0, 0.05) is 46.8 Å². The third kappa shape index (κ3) is 4.50. The first-order valence-corrected chi connectivity index (χ1v) is 11.7. The summed E-state index contributed by atoms with van der Waals surface area (Å²) in [6, 6.07) is 10.1. The van der Waals surface area contributed by atoms with Crippen LogP contribution >= 0.6 is 11.6 Å². The Morgan fingerprint density at radius 3 is 2.45 bits per heavy atom. The molecule has 1 saturated heterocycles. The van der Waals surface area contributed by atoms with Crippen molar-refractivity contribution >= 4 is 27.5 Å². The second kappa shape index (κ2) is 8.66. The van der Waals surface area contributed by atoms with Crippen LogP contribution in [-0.2, 0) is 16.6 Å². The lowest BCUT2D eigenvalue weighted by Crippen LogP contribution is -2.48. The number of fused-ring (bicyclic) bond motifs is 1. The number of benzene rings is 2. The van der Waals surface area contributed by atoms with E-state index in [9.17, 15) is 13.2 Å². The van der Waals surface area contributed by atoms with Gasteiger partial charge in [0.15, 0.2) is 11.5 Å². The summed E-state index contributed by atoms with van der Waals surface area (Å²) >= 11 is 6.23. The van der Waals surface area contributed by atoms with Crippen molar-refractivity contribution in [3.63, 3.8) is 0 Å². The molecule has 1 amide bonds. The number of piperazine rings is 1. The molecule has 8 nitrogen and oxygen atoms in total. The molecular formula is C21H24ClN3O5S. The third-order valence-electron chi connectivity index (χ3n) is 5.45. The van der Waals surface area contributed by atoms with Gasteiger partial charge >= 0.3 is 0 Å². The van der Waals surface area contributed by atoms with E-state index in [0.29, 0.717) is 26.2 Å². The summed E-state index contributed by atoms with van der Waals surface area (Å²) in [6.07, 6.45) is 0. The van der Waals surface area contributed by atoms with Gasteiger partial charge in [-0.1, -0.05) is 17.7 Å². The number of ether oxygens (including phenoxy) is 2. The second-order valence-electron chi connectivity index (χ2n) is 7.69. The van der Waals surface area contributed by atoms with Gasteiger partial charge < -0.3 is 14.4 Å². The van der Waals surface area contributed by atoms with E-state index >= 15 is 0 Å². The number of rotatable bonds is 5. The molecule has 0 radical (unpaired) electrons. The van der Waals surface area contributed by atoms with Crippen LogP contribution in [0, 0.1) is 0 Å². The van der Waals surface area contributed by atoms with E-state index in [4.69, 9.17) is 21.1 Å². The van der Waals surface area contributed by atoms with Crippen LogP contribution in [0.2, 0.25) is 5.02 Å². The number of halogens is 1. The predicted octanol–water partition coefficient (Wildman–Crippen LogP) is 2.28. The molecule has 0 aromatic heterocycles. The average molecular weight is 466 g/mol. The number of hydrogen-bond acceptors (Lipinski definition) is 6. The number of sulfonamides is 1. The minimum atomic E-state index is -3.65. The molecule has 31 heavy (non-hydrogen) atoms. The average Bonchev–Trinajstić information content (AvgIpc) is 3.22. The van der Waals surface area contributed by atoms with Crippen LogP contribution in [0.4, 0.5) is 0 Å². The summed E-state index contributed by atoms with van der Waals surface area (Å²) in [4.78, 5) is 17.1. The molecule has 4 rings (SSSR count). The van der Waals surface area contributed by atoms with E-state index in [1.807, 2.05) is 18.2 Å². The lowest BCUT2D eigenvalue weighted by atomic mass is 10.1. The fraction of sp³-hybridized carbons (Fsp3) is 0.381. The maximum Gasteiger partial charge on any atom is 0.255 e. The van der Waals surface area contributed by atoms with Gasteiger partial charge in [-0.3, -0.25) is 9.69 Å². The summed E-state index contributed by atoms with van der Waals surface area (Å²) in [5.74, 6) is 1.26. The Morgan fingerprint density at radius 2 is 1.74 bits per heavy atom. The lowest BCUT2D eigenvalue weighted by Gasteiger charge is -2.35. The summed E-state index contributed by atoms with van der Waals surface area (Å²) < 4.78 is 36.7. The zero-order valence-corrected chi connectivity index (χ0v) is 18.9. The van der Waals surface area contributed by atoms with E-state index in [1.54, 1.807) is 4.90 Å². The van der Waals surface area contributed by atoms with Crippen LogP contribution in [0.25, 0.3) is 0 Å². The lowest BCUT2D eigenvalue weighted by molar-refractivity contribution is 0.0628. The largest absolute Gasteiger partial charge is 0.454 e. The molecular weight excluding hydrogens is 442 g/mol. The van der Waals surface area contributed by atoms with Crippen molar-refractivity contribution in [2.45, 2.75) is 11.4 Å². The fourth-order valence-corrected chi connectivity index (χ4v) is 4.74. The molecule has 2 aliphatic rings. The van der Waals surface area contributed by atoms with E-state index in [1.165, 1.54) is 32.3 Å². The van der Waals surface area contributed by atoms with Gasteiger partial charge in [-0.2, -0.15) is 0 Å². The summed E-state index contributed by atoms with van der Waals surface area (Å²) in [7, 11) is -0.753. The van der Waals surface area contributed by atoms with Crippen LogP contribution in [-0.4, -0.2) is 75.5 Å². The van der Waals surface area contributed by atoms with Crippen LogP contribution < -0.4 is 9.47 Å². The molecule has 2 aliphatic heterocycles. The predicted molar refractivity (Wildman–Crippen MR) is 116 cm³/mol. The molecule has 0 atom stereocenters. The minimum absolute atomic E-state index is 0.0479. The quantitative estimate of drug-likeness (QED) is 0.674. The fourth-order valence-electron chi connectivity index (χ4n) is 3.62. The Balaban J connectivity index is 1.41. The Morgan fingerprint density at radius 1 is 1.03 bits per heavy atom. The number of nitrogens with zero attached hydrogens (tertiary/aromatic N) is 3. The summed E-state index contributed by atoms with van der Waals surface area (Å²) in [5, 5.41) is 0.241. The van der Waals surface area contributed by atoms with Crippen molar-refractivity contribution in [1.82, 2.24) is 14.1 Å². The molecule has 0 saturated carbocycles. The zero-order valence-electron chi connectivity index (χ0n) is 17.4. The smallest absolute Gasteiger partial charge is 0.255 e. The molecule has 0 aliphatic carbocycles. The van der Waals surface area contributed by atoms with Crippen LogP contribution in [0.3, 0.4) is 0 Å². The molecule has 0 bridgehead atoms. The molecule has 2 aromatic rings. The Hall–Kier alpha value is -2.33. The second-order valence-corrected chi connectivity index (χ2v) is 10.2. The van der Waals surface area contributed by atoms with Gasteiger partial charge in [-0.15, -0.1) is 0 Å². The minimum Gasteiger partial charge on any atom is -0.454 e. The van der Waals surface area contributed by atoms with Crippen molar-refractivity contribution in [2.75, 3.05) is 47.1 Å². The molecule has 166 valence electrons. The Kier molecular flexibility index (Phi) is 6.11. The van der Waals surface area contributed by atoms with E-state index in [-0.39, 0.29) is 28.2 Å². The normalized spacial score (nSPS) is 16.7. The third-order valence-corrected chi connectivity index (χ3v) is 7.59. The van der Waals surface area contributed by atoms with Crippen molar-refractivity contribution in [1.29, 1.82) is 0 Å². The van der Waals surface area contributed by atoms with Gasteiger partial charge in [0.1, 0.15) is 0 Å². The zero-order chi connectivity index (χ0) is 22.2. The van der Waals surface area contributed by atoms with Gasteiger partial charge in [0.05, 0.1) is 15.5 Å². The highest BCUT2D eigenvalue weighted by molar-refractivity contribution is 7.89. The standard InChI is InChI=1S/C21H24ClN3O5S/c1-23(2)31(27,28)16-4-5-18(22)17(12-16)21(26)25-9-7-24(8-10-25)13-15-3-6-19-20(11-15)30-14-29-19/h3-6,11-12H,7-10,13-14H2,1-2H3. The van der Waals surface area contributed by atoms with Crippen LogP contribution in [0.1, 0.15) is 15.9 Å². The first-order valence-electron chi connectivity index (χ1n) is 9.88. The Bertz CT molecular complexity index is 1100. The van der Waals surface area contributed by atoms with Crippen molar-refractivity contribution in [3.05, 3.63) is 52.5 Å².